The van der Waals surface area contributed by atoms with Gasteiger partial charge in [0.1, 0.15) is 5.76 Å². The van der Waals surface area contributed by atoms with Gasteiger partial charge in [-0.15, -0.1) is 0 Å². The van der Waals surface area contributed by atoms with Gasteiger partial charge in [-0.25, -0.2) is 0 Å². The smallest absolute Gasteiger partial charge is 0.227 e. The number of likely N-dealkylation sites (tertiary alicyclic amines) is 2. The number of carbonyl (C=O) groups is 2. The molecule has 0 aromatic carbocycles. The van der Waals surface area contributed by atoms with Gasteiger partial charge in [0.05, 0.1) is 17.5 Å². The minimum absolute atomic E-state index is 0.115. The molecule has 0 atom stereocenters. The van der Waals surface area contributed by atoms with Gasteiger partial charge >= 0.3 is 0 Å². The van der Waals surface area contributed by atoms with E-state index in [-0.39, 0.29) is 11.8 Å². The second kappa shape index (κ2) is 7.98. The van der Waals surface area contributed by atoms with Crippen molar-refractivity contribution in [3.8, 4) is 0 Å². The molecular formula is C19H30N4O4. The minimum Gasteiger partial charge on any atom is -0.385 e. The molecule has 1 aromatic heterocycles. The number of piperidine rings is 1. The minimum atomic E-state index is -0.449. The Labute approximate surface area is 160 Å². The molecule has 2 amide bonds. The lowest BCUT2D eigenvalue weighted by molar-refractivity contribution is -0.140. The second-order valence-electron chi connectivity index (χ2n) is 7.86. The number of methoxy groups -OCH3 is 1. The predicted octanol–water partition coefficient (Wildman–Crippen LogP) is 0.649. The van der Waals surface area contributed by atoms with E-state index in [1.807, 2.05) is 18.7 Å². The van der Waals surface area contributed by atoms with Crippen molar-refractivity contribution in [2.45, 2.75) is 45.6 Å². The molecule has 2 aliphatic heterocycles. The van der Waals surface area contributed by atoms with Crippen LogP contribution in [-0.2, 0) is 20.7 Å². The Bertz CT molecular complexity index is 668. The molecule has 2 saturated heterocycles. The van der Waals surface area contributed by atoms with Crippen LogP contribution in [0.1, 0.15) is 36.3 Å². The third kappa shape index (κ3) is 4.01. The van der Waals surface area contributed by atoms with Crippen LogP contribution in [0.2, 0.25) is 0 Å². The first kappa shape index (κ1) is 19.8. The Hall–Kier alpha value is -1.93. The molecule has 8 heteroatoms. The lowest BCUT2D eigenvalue weighted by Crippen LogP contribution is -2.63. The highest BCUT2D eigenvalue weighted by molar-refractivity contribution is 5.81. The number of primary amides is 1. The number of rotatable bonds is 7. The highest BCUT2D eigenvalue weighted by Crippen LogP contribution is 2.36. The fourth-order valence-corrected chi connectivity index (χ4v) is 4.14. The number of carbonyl (C=O) groups excluding carboxylic acids is 2. The summed E-state index contributed by atoms with van der Waals surface area (Å²) in [7, 11) is 1.65. The van der Waals surface area contributed by atoms with Crippen molar-refractivity contribution in [2.24, 2.45) is 11.1 Å². The second-order valence-corrected chi connectivity index (χ2v) is 7.86. The van der Waals surface area contributed by atoms with Crippen molar-refractivity contribution in [3.63, 3.8) is 0 Å². The first-order valence-corrected chi connectivity index (χ1v) is 9.59. The summed E-state index contributed by atoms with van der Waals surface area (Å²) in [5, 5.41) is 3.91. The van der Waals surface area contributed by atoms with Gasteiger partial charge in [-0.1, -0.05) is 5.16 Å². The highest BCUT2D eigenvalue weighted by atomic mass is 16.5. The van der Waals surface area contributed by atoms with E-state index >= 15 is 0 Å². The topological polar surface area (TPSA) is 102 Å². The normalized spacial score (nSPS) is 20.5. The number of aromatic nitrogens is 1. The maximum absolute atomic E-state index is 12.5. The summed E-state index contributed by atoms with van der Waals surface area (Å²) in [5.41, 5.74) is 6.91. The van der Waals surface area contributed by atoms with Gasteiger partial charge in [-0.3, -0.25) is 14.5 Å². The van der Waals surface area contributed by atoms with E-state index in [9.17, 15) is 9.59 Å². The van der Waals surface area contributed by atoms with Crippen molar-refractivity contribution >= 4 is 11.8 Å². The molecule has 0 aliphatic carbocycles. The summed E-state index contributed by atoms with van der Waals surface area (Å²) in [5.74, 6) is 0.612. The molecule has 0 saturated carbocycles. The molecule has 3 rings (SSSR count). The molecule has 0 spiro atoms. The monoisotopic (exact) mass is 378 g/mol. The van der Waals surface area contributed by atoms with Crippen LogP contribution < -0.4 is 5.73 Å². The van der Waals surface area contributed by atoms with Gasteiger partial charge < -0.3 is 19.9 Å². The number of aryl methyl sites for hydroxylation is 2. The largest absolute Gasteiger partial charge is 0.385 e. The molecule has 27 heavy (non-hydrogen) atoms. The Morgan fingerprint density at radius 3 is 2.48 bits per heavy atom. The van der Waals surface area contributed by atoms with Crippen LogP contribution >= 0.6 is 0 Å². The summed E-state index contributed by atoms with van der Waals surface area (Å²) in [6.07, 6.45) is 2.54. The van der Waals surface area contributed by atoms with Gasteiger partial charge in [0.15, 0.2) is 0 Å². The molecule has 3 heterocycles. The van der Waals surface area contributed by atoms with E-state index in [2.05, 4.69) is 10.1 Å². The number of amides is 2. The van der Waals surface area contributed by atoms with Gasteiger partial charge in [0.25, 0.3) is 0 Å². The highest BCUT2D eigenvalue weighted by Gasteiger charge is 2.43. The standard InChI is InChI=1S/C19H30N4O4/c1-13-16(14(2)27-21-13)10-17(24)23-11-15(12-23)22-7-4-19(5-8-22,18(20)25)6-9-26-3/h15H,4-12H2,1-3H3,(H2,20,25). The quantitative estimate of drug-likeness (QED) is 0.747. The first-order chi connectivity index (χ1) is 12.9. The molecule has 0 unspecified atom stereocenters. The van der Waals surface area contributed by atoms with Crippen LogP contribution in [0, 0.1) is 19.3 Å². The van der Waals surface area contributed by atoms with Gasteiger partial charge in [-0.05, 0) is 46.2 Å². The van der Waals surface area contributed by atoms with Crippen molar-refractivity contribution in [2.75, 3.05) is 39.9 Å². The molecule has 2 N–H and O–H groups in total. The molecule has 2 fully saturated rings. The van der Waals surface area contributed by atoms with E-state index in [1.54, 1.807) is 7.11 Å². The van der Waals surface area contributed by atoms with Crippen molar-refractivity contribution < 1.29 is 18.8 Å². The molecule has 150 valence electrons. The molecular weight excluding hydrogens is 348 g/mol. The number of nitrogens with zero attached hydrogens (tertiary/aromatic N) is 3. The Morgan fingerprint density at radius 1 is 1.30 bits per heavy atom. The number of nitrogens with two attached hydrogens (primary N) is 1. The van der Waals surface area contributed by atoms with E-state index in [0.29, 0.717) is 31.3 Å². The third-order valence-corrected chi connectivity index (χ3v) is 6.30. The Balaban J connectivity index is 1.48. The fraction of sp³-hybridized carbons (Fsp3) is 0.737. The van der Waals surface area contributed by atoms with Crippen molar-refractivity contribution in [1.82, 2.24) is 15.0 Å². The molecule has 2 aliphatic rings. The fourth-order valence-electron chi connectivity index (χ4n) is 4.14. The van der Waals surface area contributed by atoms with E-state index in [4.69, 9.17) is 15.0 Å². The van der Waals surface area contributed by atoms with Crippen LogP contribution in [0.5, 0.6) is 0 Å². The molecule has 8 nitrogen and oxygen atoms in total. The van der Waals surface area contributed by atoms with E-state index in [0.717, 1.165) is 50.3 Å². The average molecular weight is 378 g/mol. The zero-order valence-electron chi connectivity index (χ0n) is 16.5. The van der Waals surface area contributed by atoms with Crippen molar-refractivity contribution in [3.05, 3.63) is 17.0 Å². The zero-order valence-corrected chi connectivity index (χ0v) is 16.5. The zero-order chi connectivity index (χ0) is 19.6. The molecule has 0 bridgehead atoms. The van der Waals surface area contributed by atoms with Crippen LogP contribution in [0.3, 0.4) is 0 Å². The van der Waals surface area contributed by atoms with Crippen LogP contribution in [-0.4, -0.2) is 72.7 Å². The summed E-state index contributed by atoms with van der Waals surface area (Å²) in [6, 6.07) is 0.368. The number of hydrogen-bond donors (Lipinski definition) is 1. The summed E-state index contributed by atoms with van der Waals surface area (Å²) >= 11 is 0. The SMILES string of the molecule is COCCC1(C(N)=O)CCN(C2CN(C(=O)Cc3c(C)noc3C)C2)CC1. The van der Waals surface area contributed by atoms with Gasteiger partial charge in [-0.2, -0.15) is 0 Å². The van der Waals surface area contributed by atoms with E-state index in [1.165, 1.54) is 0 Å². The molecule has 0 radical (unpaired) electrons. The number of hydrogen-bond acceptors (Lipinski definition) is 6. The van der Waals surface area contributed by atoms with Gasteiger partial charge in [0, 0.05) is 38.4 Å². The average Bonchev–Trinajstić information content (AvgIpc) is 2.91. The summed E-state index contributed by atoms with van der Waals surface area (Å²) in [6.45, 7) is 7.40. The van der Waals surface area contributed by atoms with Crippen molar-refractivity contribution in [1.29, 1.82) is 0 Å². The molecule has 1 aromatic rings. The van der Waals surface area contributed by atoms with E-state index < -0.39 is 5.41 Å². The van der Waals surface area contributed by atoms with Crippen LogP contribution in [0.15, 0.2) is 4.52 Å². The van der Waals surface area contributed by atoms with Crippen LogP contribution in [0.4, 0.5) is 0 Å². The lowest BCUT2D eigenvalue weighted by Gasteiger charge is -2.49. The van der Waals surface area contributed by atoms with Crippen LogP contribution in [0.25, 0.3) is 0 Å². The maximum Gasteiger partial charge on any atom is 0.227 e. The maximum atomic E-state index is 12.5. The Morgan fingerprint density at radius 2 is 1.96 bits per heavy atom. The van der Waals surface area contributed by atoms with Gasteiger partial charge in [0.2, 0.25) is 11.8 Å². The Kier molecular flexibility index (Phi) is 5.86. The summed E-state index contributed by atoms with van der Waals surface area (Å²) in [4.78, 5) is 28.7. The third-order valence-electron chi connectivity index (χ3n) is 6.30. The first-order valence-electron chi connectivity index (χ1n) is 9.59. The predicted molar refractivity (Wildman–Crippen MR) is 99.0 cm³/mol. The summed E-state index contributed by atoms with van der Waals surface area (Å²) < 4.78 is 10.3. The number of ether oxygens (including phenoxy) is 1. The lowest BCUT2D eigenvalue weighted by atomic mass is 9.74.